The maximum atomic E-state index is 6.32. The highest BCUT2D eigenvalue weighted by Crippen LogP contribution is 2.28. The molecule has 1 unspecified atom stereocenters. The lowest BCUT2D eigenvalue weighted by Crippen LogP contribution is -2.16. The highest BCUT2D eigenvalue weighted by atomic mass is 79.9. The summed E-state index contributed by atoms with van der Waals surface area (Å²) in [6.07, 6.45) is 10.1. The Bertz CT molecular complexity index is 1170. The van der Waals surface area contributed by atoms with E-state index in [2.05, 4.69) is 55.4 Å². The molecule has 3 aromatic heterocycles. The molecule has 0 saturated carbocycles. The Hall–Kier alpha value is -2.35. The van der Waals surface area contributed by atoms with Gasteiger partial charge in [0.05, 0.1) is 16.2 Å². The smallest absolute Gasteiger partial charge is 0.159 e. The molecule has 3 aromatic rings. The van der Waals surface area contributed by atoms with Crippen molar-refractivity contribution in [2.75, 3.05) is 5.73 Å². The summed E-state index contributed by atoms with van der Waals surface area (Å²) in [5.74, 6) is 0.817. The lowest BCUT2D eigenvalue weighted by atomic mass is 10.1. The first-order valence-electron chi connectivity index (χ1n) is 8.83. The molecule has 0 aliphatic heterocycles. The van der Waals surface area contributed by atoms with Crippen molar-refractivity contribution in [1.82, 2.24) is 19.5 Å². The molecule has 0 spiro atoms. The van der Waals surface area contributed by atoms with Gasteiger partial charge in [0.1, 0.15) is 11.3 Å². The van der Waals surface area contributed by atoms with E-state index in [1.807, 2.05) is 24.3 Å². The Labute approximate surface area is 176 Å². The standard InChI is InChI=1S/C20H20BrClN6/c1-10-6-12(7-17-26-19-18(24)14(21)9-25-20(19)27-17)11(2)28(10)13-4-3-5-16(23)15(22)8-13/h3-6,8-9,16H,7,23H2,1-2H3,(H3,24,25,26,27). The number of halogens is 2. The van der Waals surface area contributed by atoms with E-state index >= 15 is 0 Å². The van der Waals surface area contributed by atoms with Gasteiger partial charge in [0.2, 0.25) is 0 Å². The number of hydrogen-bond donors (Lipinski definition) is 3. The van der Waals surface area contributed by atoms with Crippen molar-refractivity contribution >= 4 is 50.1 Å². The quantitative estimate of drug-likeness (QED) is 0.547. The van der Waals surface area contributed by atoms with Crippen LogP contribution in [0.2, 0.25) is 0 Å². The lowest BCUT2D eigenvalue weighted by Gasteiger charge is -2.11. The zero-order valence-corrected chi connectivity index (χ0v) is 17.8. The number of fused-ring (bicyclic) bond motifs is 1. The summed E-state index contributed by atoms with van der Waals surface area (Å²) in [6.45, 7) is 4.16. The number of pyridine rings is 1. The van der Waals surface area contributed by atoms with E-state index in [1.165, 1.54) is 0 Å². The van der Waals surface area contributed by atoms with Crippen molar-refractivity contribution < 1.29 is 0 Å². The van der Waals surface area contributed by atoms with Crippen molar-refractivity contribution in [2.24, 2.45) is 5.73 Å². The van der Waals surface area contributed by atoms with Crippen LogP contribution in [0.25, 0.3) is 16.9 Å². The van der Waals surface area contributed by atoms with Gasteiger partial charge in [-0.15, -0.1) is 0 Å². The number of rotatable bonds is 3. The second-order valence-electron chi connectivity index (χ2n) is 6.84. The molecule has 3 heterocycles. The van der Waals surface area contributed by atoms with Crippen LogP contribution in [0.4, 0.5) is 5.69 Å². The Morgan fingerprint density at radius 2 is 2.14 bits per heavy atom. The van der Waals surface area contributed by atoms with E-state index in [0.29, 0.717) is 28.3 Å². The van der Waals surface area contributed by atoms with Crippen LogP contribution in [0.3, 0.4) is 0 Å². The summed E-state index contributed by atoms with van der Waals surface area (Å²) < 4.78 is 2.91. The largest absolute Gasteiger partial charge is 0.396 e. The molecule has 1 aliphatic rings. The Morgan fingerprint density at radius 1 is 1.36 bits per heavy atom. The van der Waals surface area contributed by atoms with Crippen molar-refractivity contribution in [3.8, 4) is 0 Å². The molecule has 144 valence electrons. The number of hydrogen-bond acceptors (Lipinski definition) is 4. The SMILES string of the molecule is Cc1cc(Cc2nc3c(N)c(Br)cnc3[nH]2)c(C)n1C1=CC=CC(N)C(Cl)=C1. The number of anilines is 1. The first-order valence-corrected chi connectivity index (χ1v) is 10.00. The van der Waals surface area contributed by atoms with E-state index in [-0.39, 0.29) is 6.04 Å². The summed E-state index contributed by atoms with van der Waals surface area (Å²) in [7, 11) is 0. The predicted octanol–water partition coefficient (Wildman–Crippen LogP) is 4.17. The van der Waals surface area contributed by atoms with Gasteiger partial charge in [-0.2, -0.15) is 0 Å². The number of aromatic nitrogens is 4. The third kappa shape index (κ3) is 3.30. The zero-order valence-electron chi connectivity index (χ0n) is 15.5. The Morgan fingerprint density at radius 3 is 2.93 bits per heavy atom. The van der Waals surface area contributed by atoms with Gasteiger partial charge in [0, 0.05) is 34.7 Å². The minimum absolute atomic E-state index is 0.279. The second-order valence-corrected chi connectivity index (χ2v) is 8.13. The van der Waals surface area contributed by atoms with Crippen LogP contribution in [0, 0.1) is 13.8 Å². The second kappa shape index (κ2) is 7.24. The number of H-pyrrole nitrogens is 1. The van der Waals surface area contributed by atoms with Crippen LogP contribution < -0.4 is 11.5 Å². The molecule has 0 saturated heterocycles. The van der Waals surface area contributed by atoms with E-state index < -0.39 is 0 Å². The summed E-state index contributed by atoms with van der Waals surface area (Å²) in [4.78, 5) is 12.3. The molecule has 4 rings (SSSR count). The molecule has 5 N–H and O–H groups in total. The van der Waals surface area contributed by atoms with Gasteiger partial charge in [0.25, 0.3) is 0 Å². The topological polar surface area (TPSA) is 98.5 Å². The fourth-order valence-corrected chi connectivity index (χ4v) is 3.93. The monoisotopic (exact) mass is 458 g/mol. The number of nitrogen functional groups attached to an aromatic ring is 1. The van der Waals surface area contributed by atoms with E-state index in [4.69, 9.17) is 23.1 Å². The van der Waals surface area contributed by atoms with Gasteiger partial charge in [-0.05, 0) is 53.6 Å². The average molecular weight is 460 g/mol. The summed E-state index contributed by atoms with van der Waals surface area (Å²) >= 11 is 9.72. The van der Waals surface area contributed by atoms with Crippen LogP contribution in [0.1, 0.15) is 22.8 Å². The predicted molar refractivity (Wildman–Crippen MR) is 118 cm³/mol. The normalized spacial score (nSPS) is 17.0. The van der Waals surface area contributed by atoms with Crippen LogP contribution >= 0.6 is 27.5 Å². The van der Waals surface area contributed by atoms with Crippen molar-refractivity contribution in [3.63, 3.8) is 0 Å². The highest BCUT2D eigenvalue weighted by Gasteiger charge is 2.16. The van der Waals surface area contributed by atoms with Gasteiger partial charge in [-0.25, -0.2) is 9.97 Å². The average Bonchev–Trinajstić information content (AvgIpc) is 3.13. The molecule has 28 heavy (non-hydrogen) atoms. The highest BCUT2D eigenvalue weighted by molar-refractivity contribution is 9.10. The van der Waals surface area contributed by atoms with Gasteiger partial charge >= 0.3 is 0 Å². The maximum Gasteiger partial charge on any atom is 0.159 e. The van der Waals surface area contributed by atoms with Crippen LogP contribution in [0.15, 0.2) is 46.1 Å². The minimum Gasteiger partial charge on any atom is -0.396 e. The van der Waals surface area contributed by atoms with Crippen LogP contribution in [0.5, 0.6) is 0 Å². The lowest BCUT2D eigenvalue weighted by molar-refractivity contribution is 0.963. The molecule has 8 heteroatoms. The molecule has 1 atom stereocenters. The number of aryl methyl sites for hydroxylation is 1. The number of allylic oxidation sites excluding steroid dienone is 4. The van der Waals surface area contributed by atoms with Gasteiger partial charge in [-0.3, -0.25) is 0 Å². The molecule has 0 radical (unpaired) electrons. The number of nitrogens with zero attached hydrogens (tertiary/aromatic N) is 3. The number of aromatic amines is 1. The number of nitrogens with two attached hydrogens (primary N) is 2. The molecular weight excluding hydrogens is 440 g/mol. The molecule has 6 nitrogen and oxygen atoms in total. The first kappa shape index (κ1) is 19.0. The van der Waals surface area contributed by atoms with E-state index in [1.54, 1.807) is 6.20 Å². The molecule has 0 bridgehead atoms. The maximum absolute atomic E-state index is 6.32. The van der Waals surface area contributed by atoms with E-state index in [0.717, 1.165) is 32.9 Å². The third-order valence-electron chi connectivity index (χ3n) is 4.89. The van der Waals surface area contributed by atoms with Crippen LogP contribution in [-0.4, -0.2) is 25.6 Å². The van der Waals surface area contributed by atoms with Gasteiger partial charge in [0.15, 0.2) is 5.65 Å². The first-order chi connectivity index (χ1) is 13.3. The fraction of sp³-hybridized carbons (Fsp3) is 0.200. The van der Waals surface area contributed by atoms with Crippen molar-refractivity contribution in [2.45, 2.75) is 26.3 Å². The third-order valence-corrected chi connectivity index (χ3v) is 5.89. The molecule has 1 aliphatic carbocycles. The van der Waals surface area contributed by atoms with Gasteiger partial charge < -0.3 is 21.0 Å². The Balaban J connectivity index is 1.71. The molecule has 0 fully saturated rings. The van der Waals surface area contributed by atoms with Crippen molar-refractivity contribution in [3.05, 3.63) is 68.8 Å². The number of nitrogens with one attached hydrogen (secondary N) is 1. The molecule has 0 amide bonds. The van der Waals surface area contributed by atoms with Crippen molar-refractivity contribution in [1.29, 1.82) is 0 Å². The molecule has 0 aromatic carbocycles. The minimum atomic E-state index is -0.279. The Kier molecular flexibility index (Phi) is 4.91. The summed E-state index contributed by atoms with van der Waals surface area (Å²) in [5.41, 5.74) is 18.4. The summed E-state index contributed by atoms with van der Waals surface area (Å²) in [6, 6.07) is 1.88. The number of imidazole rings is 1. The zero-order chi connectivity index (χ0) is 20.0. The molecular formula is C20H20BrClN6. The van der Waals surface area contributed by atoms with Gasteiger partial charge in [-0.1, -0.05) is 23.8 Å². The van der Waals surface area contributed by atoms with Crippen LogP contribution in [-0.2, 0) is 6.42 Å². The van der Waals surface area contributed by atoms with E-state index in [9.17, 15) is 0 Å². The summed E-state index contributed by atoms with van der Waals surface area (Å²) in [5, 5.41) is 0.610. The fourth-order valence-electron chi connectivity index (χ4n) is 3.46.